The van der Waals surface area contributed by atoms with Gasteiger partial charge in [0, 0.05) is 31.7 Å². The fraction of sp³-hybridized carbons (Fsp3) is 0.176. The number of carbonyl (C=O) groups is 1. The van der Waals surface area contributed by atoms with Crippen molar-refractivity contribution in [2.75, 3.05) is 24.3 Å². The zero-order chi connectivity index (χ0) is 17.4. The second-order valence-electron chi connectivity index (χ2n) is 5.64. The van der Waals surface area contributed by atoms with Crippen LogP contribution in [0.2, 0.25) is 10.0 Å². The van der Waals surface area contributed by atoms with E-state index in [1.807, 2.05) is 43.3 Å². The molecule has 0 aliphatic heterocycles. The number of hydrogen-bond acceptors (Lipinski definition) is 3. The number of fused-ring (bicyclic) bond motifs is 1. The van der Waals surface area contributed by atoms with Gasteiger partial charge < -0.3 is 10.2 Å². The summed E-state index contributed by atoms with van der Waals surface area (Å²) in [6.45, 7) is 1.77. The summed E-state index contributed by atoms with van der Waals surface area (Å²) in [4.78, 5) is 19.0. The van der Waals surface area contributed by atoms with Gasteiger partial charge >= 0.3 is 0 Å². The van der Waals surface area contributed by atoms with Crippen LogP contribution in [0.1, 0.15) is 16.2 Å². The van der Waals surface area contributed by atoms with Gasteiger partial charge in [-0.15, -0.1) is 0 Å². The Morgan fingerprint density at radius 1 is 1.21 bits per heavy atom. The lowest BCUT2D eigenvalue weighted by Crippen LogP contribution is -2.16. The van der Waals surface area contributed by atoms with Crippen molar-refractivity contribution < 1.29 is 4.79 Å². The zero-order valence-electron chi connectivity index (χ0n) is 13.5. The minimum atomic E-state index is -0.268. The number of halogens is 2. The molecule has 2 aromatic heterocycles. The first-order chi connectivity index (χ1) is 11.4. The van der Waals surface area contributed by atoms with E-state index in [-0.39, 0.29) is 5.91 Å². The largest absolute Gasteiger partial charge is 0.378 e. The van der Waals surface area contributed by atoms with Crippen LogP contribution in [0.15, 0.2) is 36.5 Å². The molecule has 0 spiro atoms. The predicted molar refractivity (Wildman–Crippen MR) is 98.7 cm³/mol. The molecule has 3 aromatic rings. The van der Waals surface area contributed by atoms with Crippen molar-refractivity contribution in [1.29, 1.82) is 0 Å². The molecular weight excluding hydrogens is 347 g/mol. The van der Waals surface area contributed by atoms with Gasteiger partial charge in [-0.2, -0.15) is 0 Å². The van der Waals surface area contributed by atoms with Crippen molar-refractivity contribution in [3.8, 4) is 0 Å². The maximum Gasteiger partial charge on any atom is 0.274 e. The van der Waals surface area contributed by atoms with Crippen LogP contribution < -0.4 is 10.2 Å². The van der Waals surface area contributed by atoms with Gasteiger partial charge in [-0.25, -0.2) is 4.98 Å². The molecule has 0 atom stereocenters. The number of nitrogens with one attached hydrogen (secondary N) is 1. The number of pyridine rings is 1. The van der Waals surface area contributed by atoms with Crippen LogP contribution in [0.25, 0.3) is 5.65 Å². The first-order valence-corrected chi connectivity index (χ1v) is 8.05. The number of anilines is 2. The molecule has 24 heavy (non-hydrogen) atoms. The second-order valence-corrected chi connectivity index (χ2v) is 6.48. The van der Waals surface area contributed by atoms with Crippen LogP contribution in [0, 0.1) is 6.92 Å². The van der Waals surface area contributed by atoms with Gasteiger partial charge in [-0.1, -0.05) is 23.2 Å². The molecule has 1 amide bonds. The molecule has 5 nitrogen and oxygen atoms in total. The van der Waals surface area contributed by atoms with E-state index in [1.54, 1.807) is 23.6 Å². The summed E-state index contributed by atoms with van der Waals surface area (Å²) in [7, 11) is 3.92. The van der Waals surface area contributed by atoms with Crippen LogP contribution in [0.3, 0.4) is 0 Å². The Labute approximate surface area is 149 Å². The van der Waals surface area contributed by atoms with Gasteiger partial charge in [0.1, 0.15) is 5.69 Å². The van der Waals surface area contributed by atoms with E-state index in [1.165, 1.54) is 0 Å². The summed E-state index contributed by atoms with van der Waals surface area (Å²) in [5, 5.41) is 3.72. The molecule has 7 heteroatoms. The highest BCUT2D eigenvalue weighted by Crippen LogP contribution is 2.25. The summed E-state index contributed by atoms with van der Waals surface area (Å²) < 4.78 is 1.61. The van der Waals surface area contributed by atoms with E-state index < -0.39 is 0 Å². The van der Waals surface area contributed by atoms with Crippen molar-refractivity contribution in [2.45, 2.75) is 6.92 Å². The number of amides is 1. The number of nitrogens with zero attached hydrogens (tertiary/aromatic N) is 3. The van der Waals surface area contributed by atoms with E-state index in [4.69, 9.17) is 23.2 Å². The second kappa shape index (κ2) is 6.34. The lowest BCUT2D eigenvalue weighted by molar-refractivity contribution is 0.102. The molecule has 0 aliphatic rings. The quantitative estimate of drug-likeness (QED) is 0.756. The Kier molecular flexibility index (Phi) is 4.39. The highest BCUT2D eigenvalue weighted by molar-refractivity contribution is 6.36. The molecule has 0 aliphatic carbocycles. The number of hydrogen-bond donors (Lipinski definition) is 1. The van der Waals surface area contributed by atoms with Crippen LogP contribution in [0.4, 0.5) is 11.4 Å². The van der Waals surface area contributed by atoms with Crippen molar-refractivity contribution in [3.05, 3.63) is 58.0 Å². The molecule has 1 aromatic carbocycles. The number of aromatic nitrogens is 2. The van der Waals surface area contributed by atoms with Crippen molar-refractivity contribution in [2.24, 2.45) is 0 Å². The summed E-state index contributed by atoms with van der Waals surface area (Å²) in [5.41, 5.74) is 3.25. The van der Waals surface area contributed by atoms with Gasteiger partial charge in [0.25, 0.3) is 5.91 Å². The van der Waals surface area contributed by atoms with Gasteiger partial charge in [-0.3, -0.25) is 9.20 Å². The molecular formula is C17H16Cl2N4O. The summed E-state index contributed by atoms with van der Waals surface area (Å²) in [5.74, 6) is -0.268. The maximum absolute atomic E-state index is 12.7. The van der Waals surface area contributed by atoms with Gasteiger partial charge in [0.15, 0.2) is 5.65 Å². The Balaban J connectivity index is 1.95. The number of imidazole rings is 1. The molecule has 3 rings (SSSR count). The molecule has 2 heterocycles. The predicted octanol–water partition coefficient (Wildman–Crippen LogP) is 4.27. The Morgan fingerprint density at radius 3 is 2.50 bits per heavy atom. The highest BCUT2D eigenvalue weighted by atomic mass is 35.5. The number of aryl methyl sites for hydroxylation is 1. The average Bonchev–Trinajstić information content (AvgIpc) is 2.84. The first kappa shape index (κ1) is 16.6. The molecule has 0 bridgehead atoms. The lowest BCUT2D eigenvalue weighted by atomic mass is 10.2. The highest BCUT2D eigenvalue weighted by Gasteiger charge is 2.19. The lowest BCUT2D eigenvalue weighted by Gasteiger charge is -2.13. The fourth-order valence-electron chi connectivity index (χ4n) is 2.49. The third kappa shape index (κ3) is 3.05. The van der Waals surface area contributed by atoms with Crippen LogP contribution in [-0.2, 0) is 0 Å². The van der Waals surface area contributed by atoms with E-state index in [2.05, 4.69) is 10.3 Å². The molecule has 0 saturated heterocycles. The van der Waals surface area contributed by atoms with E-state index >= 15 is 0 Å². The Hall–Kier alpha value is -2.24. The first-order valence-electron chi connectivity index (χ1n) is 7.29. The smallest absolute Gasteiger partial charge is 0.274 e. The minimum Gasteiger partial charge on any atom is -0.378 e. The molecule has 1 N–H and O–H groups in total. The SMILES string of the molecule is Cc1nc2c(Cl)cc(Cl)cn2c1C(=O)Nc1ccc(N(C)C)cc1. The van der Waals surface area contributed by atoms with E-state index in [0.29, 0.717) is 32.8 Å². The third-order valence-electron chi connectivity index (χ3n) is 3.67. The number of benzene rings is 1. The summed E-state index contributed by atoms with van der Waals surface area (Å²) in [6, 6.07) is 9.18. The number of carbonyl (C=O) groups excluding carboxylic acids is 1. The standard InChI is InChI=1S/C17H16Cl2N4O/c1-10-15(23-9-11(18)8-14(19)16(23)20-10)17(24)21-12-4-6-13(7-5-12)22(2)3/h4-9H,1-3H3,(H,21,24). The normalized spacial score (nSPS) is 10.9. The van der Waals surface area contributed by atoms with E-state index in [9.17, 15) is 4.79 Å². The molecule has 0 saturated carbocycles. The zero-order valence-corrected chi connectivity index (χ0v) is 15.0. The minimum absolute atomic E-state index is 0.268. The third-order valence-corrected chi connectivity index (χ3v) is 4.16. The van der Waals surface area contributed by atoms with E-state index in [0.717, 1.165) is 5.69 Å². The Morgan fingerprint density at radius 2 is 1.88 bits per heavy atom. The fourth-order valence-corrected chi connectivity index (χ4v) is 3.01. The van der Waals surface area contributed by atoms with Crippen molar-refractivity contribution in [1.82, 2.24) is 9.38 Å². The number of rotatable bonds is 3. The molecule has 0 unspecified atom stereocenters. The Bertz CT molecular complexity index is 916. The maximum atomic E-state index is 12.7. The van der Waals surface area contributed by atoms with Crippen molar-refractivity contribution >= 4 is 46.1 Å². The van der Waals surface area contributed by atoms with Crippen LogP contribution in [0.5, 0.6) is 0 Å². The molecule has 124 valence electrons. The average molecular weight is 363 g/mol. The molecule has 0 radical (unpaired) electrons. The monoisotopic (exact) mass is 362 g/mol. The van der Waals surface area contributed by atoms with Crippen molar-refractivity contribution in [3.63, 3.8) is 0 Å². The van der Waals surface area contributed by atoms with Gasteiger partial charge in [-0.05, 0) is 37.3 Å². The van der Waals surface area contributed by atoms with Crippen LogP contribution in [-0.4, -0.2) is 29.4 Å². The van der Waals surface area contributed by atoms with Crippen LogP contribution >= 0.6 is 23.2 Å². The summed E-state index contributed by atoms with van der Waals surface area (Å²) in [6.07, 6.45) is 1.63. The molecule has 0 fully saturated rings. The topological polar surface area (TPSA) is 49.6 Å². The summed E-state index contributed by atoms with van der Waals surface area (Å²) >= 11 is 12.2. The van der Waals surface area contributed by atoms with Gasteiger partial charge in [0.05, 0.1) is 15.7 Å². The van der Waals surface area contributed by atoms with Gasteiger partial charge in [0.2, 0.25) is 0 Å².